The molecule has 4 heteroatoms. The highest BCUT2D eigenvalue weighted by Crippen LogP contribution is 2.14. The molecular formula is C30H63NO3. The van der Waals surface area contributed by atoms with Gasteiger partial charge in [0.15, 0.2) is 0 Å². The van der Waals surface area contributed by atoms with Gasteiger partial charge in [-0.15, -0.1) is 0 Å². The SMILES string of the molecule is CCCC[C@@H](CC)COCCN(CCOC[C@@H](CC)CCCC)CCOC[C@@H](CC)CCCC. The summed E-state index contributed by atoms with van der Waals surface area (Å²) in [5, 5.41) is 0. The predicted octanol–water partition coefficient (Wildman–Crippen LogP) is 7.99. The quantitative estimate of drug-likeness (QED) is 0.110. The lowest BCUT2D eigenvalue weighted by molar-refractivity contribution is 0.0301. The molecule has 0 bridgehead atoms. The van der Waals surface area contributed by atoms with E-state index in [1.54, 1.807) is 0 Å². The number of rotatable bonds is 27. The molecule has 0 aliphatic heterocycles. The van der Waals surface area contributed by atoms with Gasteiger partial charge in [0, 0.05) is 39.5 Å². The molecule has 0 aromatic rings. The maximum Gasteiger partial charge on any atom is 0.0593 e. The fourth-order valence-corrected chi connectivity index (χ4v) is 4.36. The summed E-state index contributed by atoms with van der Waals surface area (Å²) in [7, 11) is 0. The minimum Gasteiger partial charge on any atom is -0.380 e. The van der Waals surface area contributed by atoms with Crippen molar-refractivity contribution in [2.45, 2.75) is 119 Å². The van der Waals surface area contributed by atoms with Crippen molar-refractivity contribution in [1.29, 1.82) is 0 Å². The maximum atomic E-state index is 6.10. The molecule has 0 spiro atoms. The summed E-state index contributed by atoms with van der Waals surface area (Å²) in [4.78, 5) is 2.48. The summed E-state index contributed by atoms with van der Waals surface area (Å²) in [6, 6.07) is 0. The van der Waals surface area contributed by atoms with E-state index in [4.69, 9.17) is 14.2 Å². The molecule has 0 unspecified atom stereocenters. The van der Waals surface area contributed by atoms with Crippen molar-refractivity contribution in [3.05, 3.63) is 0 Å². The second-order valence-electron chi connectivity index (χ2n) is 10.3. The molecule has 0 saturated carbocycles. The first-order chi connectivity index (χ1) is 16.6. The number of nitrogens with zero attached hydrogens (tertiary/aromatic N) is 1. The van der Waals surface area contributed by atoms with Crippen LogP contribution in [0.3, 0.4) is 0 Å². The molecule has 0 aliphatic rings. The first-order valence-corrected chi connectivity index (χ1v) is 15.1. The smallest absolute Gasteiger partial charge is 0.0593 e. The highest BCUT2D eigenvalue weighted by Gasteiger charge is 2.11. The molecule has 0 aromatic carbocycles. The van der Waals surface area contributed by atoms with Crippen molar-refractivity contribution in [3.63, 3.8) is 0 Å². The van der Waals surface area contributed by atoms with Crippen molar-refractivity contribution >= 4 is 0 Å². The third kappa shape index (κ3) is 20.1. The van der Waals surface area contributed by atoms with E-state index in [0.29, 0.717) is 17.8 Å². The molecule has 0 heterocycles. The predicted molar refractivity (Wildman–Crippen MR) is 149 cm³/mol. The third-order valence-electron chi connectivity index (χ3n) is 7.35. The van der Waals surface area contributed by atoms with Crippen LogP contribution in [0.5, 0.6) is 0 Å². The number of hydrogen-bond donors (Lipinski definition) is 0. The van der Waals surface area contributed by atoms with Crippen LogP contribution in [0.4, 0.5) is 0 Å². The Morgan fingerprint density at radius 1 is 0.471 bits per heavy atom. The normalized spacial score (nSPS) is 14.6. The topological polar surface area (TPSA) is 30.9 Å². The van der Waals surface area contributed by atoms with Gasteiger partial charge in [0.25, 0.3) is 0 Å². The van der Waals surface area contributed by atoms with Gasteiger partial charge >= 0.3 is 0 Å². The second kappa shape index (κ2) is 25.9. The fourth-order valence-electron chi connectivity index (χ4n) is 4.36. The zero-order valence-corrected chi connectivity index (χ0v) is 24.3. The van der Waals surface area contributed by atoms with Gasteiger partial charge < -0.3 is 14.2 Å². The summed E-state index contributed by atoms with van der Waals surface area (Å²) >= 11 is 0. The molecular weight excluding hydrogens is 422 g/mol. The molecule has 0 fully saturated rings. The molecule has 0 aliphatic carbocycles. The molecule has 0 rings (SSSR count). The molecule has 0 saturated heterocycles. The second-order valence-corrected chi connectivity index (χ2v) is 10.3. The Hall–Kier alpha value is -0.160. The monoisotopic (exact) mass is 485 g/mol. The van der Waals surface area contributed by atoms with Gasteiger partial charge in [0.1, 0.15) is 0 Å². The summed E-state index contributed by atoms with van der Waals surface area (Å²) in [5.41, 5.74) is 0. The molecule has 0 radical (unpaired) electrons. The van der Waals surface area contributed by atoms with Crippen molar-refractivity contribution in [3.8, 4) is 0 Å². The highest BCUT2D eigenvalue weighted by molar-refractivity contribution is 4.62. The maximum absolute atomic E-state index is 6.10. The Balaban J connectivity index is 4.38. The summed E-state index contributed by atoms with van der Waals surface area (Å²) in [6.07, 6.45) is 15.3. The van der Waals surface area contributed by atoms with E-state index in [9.17, 15) is 0 Å². The standard InChI is InChI=1S/C30H63NO3/c1-7-13-16-28(10-4)25-32-22-19-31(20-23-33-26-29(11-5)17-14-8-2)21-24-34-27-30(12-6)18-15-9-3/h28-30H,7-27H2,1-6H3/t28-,29-,30+/m0/s1. The van der Waals surface area contributed by atoms with Crippen LogP contribution < -0.4 is 0 Å². The van der Waals surface area contributed by atoms with Crippen LogP contribution in [0.25, 0.3) is 0 Å². The molecule has 4 nitrogen and oxygen atoms in total. The first-order valence-electron chi connectivity index (χ1n) is 15.1. The highest BCUT2D eigenvalue weighted by atomic mass is 16.5. The molecule has 34 heavy (non-hydrogen) atoms. The lowest BCUT2D eigenvalue weighted by Gasteiger charge is -2.24. The zero-order valence-electron chi connectivity index (χ0n) is 24.3. The van der Waals surface area contributed by atoms with Crippen LogP contribution in [-0.4, -0.2) is 64.2 Å². The van der Waals surface area contributed by atoms with E-state index >= 15 is 0 Å². The Kier molecular flexibility index (Phi) is 25.8. The Morgan fingerprint density at radius 3 is 1.00 bits per heavy atom. The largest absolute Gasteiger partial charge is 0.380 e. The summed E-state index contributed by atoms with van der Waals surface area (Å²) in [5.74, 6) is 2.13. The van der Waals surface area contributed by atoms with Crippen LogP contribution in [0.2, 0.25) is 0 Å². The van der Waals surface area contributed by atoms with Gasteiger partial charge in [0.05, 0.1) is 19.8 Å². The van der Waals surface area contributed by atoms with Crippen LogP contribution in [-0.2, 0) is 14.2 Å². The van der Waals surface area contributed by atoms with Crippen LogP contribution >= 0.6 is 0 Å². The van der Waals surface area contributed by atoms with E-state index < -0.39 is 0 Å². The molecule has 3 atom stereocenters. The fraction of sp³-hybridized carbons (Fsp3) is 1.00. The average molecular weight is 486 g/mol. The van der Waals surface area contributed by atoms with Crippen molar-refractivity contribution < 1.29 is 14.2 Å². The van der Waals surface area contributed by atoms with Crippen LogP contribution in [0, 0.1) is 17.8 Å². The van der Waals surface area contributed by atoms with Crippen LogP contribution in [0.15, 0.2) is 0 Å². The average Bonchev–Trinajstić information content (AvgIpc) is 2.86. The van der Waals surface area contributed by atoms with E-state index in [-0.39, 0.29) is 0 Å². The first kappa shape index (κ1) is 33.8. The van der Waals surface area contributed by atoms with E-state index in [0.717, 1.165) is 59.3 Å². The molecule has 0 amide bonds. The van der Waals surface area contributed by atoms with Crippen LogP contribution in [0.1, 0.15) is 119 Å². The van der Waals surface area contributed by atoms with Gasteiger partial charge in [-0.05, 0) is 37.0 Å². The van der Waals surface area contributed by atoms with E-state index in [1.807, 2.05) is 0 Å². The molecule has 0 aromatic heterocycles. The minimum absolute atomic E-state index is 0.711. The Labute approximate surface area is 214 Å². The van der Waals surface area contributed by atoms with Gasteiger partial charge in [-0.2, -0.15) is 0 Å². The number of hydrogen-bond acceptors (Lipinski definition) is 4. The zero-order chi connectivity index (χ0) is 25.3. The third-order valence-corrected chi connectivity index (χ3v) is 7.35. The molecule has 0 N–H and O–H groups in total. The van der Waals surface area contributed by atoms with Gasteiger partial charge in [-0.25, -0.2) is 0 Å². The Morgan fingerprint density at radius 2 is 0.765 bits per heavy atom. The van der Waals surface area contributed by atoms with Gasteiger partial charge in [0.2, 0.25) is 0 Å². The Bertz CT molecular complexity index is 336. The van der Waals surface area contributed by atoms with E-state index in [1.165, 1.54) is 77.0 Å². The minimum atomic E-state index is 0.711. The van der Waals surface area contributed by atoms with Gasteiger partial charge in [-0.1, -0.05) is 99.3 Å². The molecule has 206 valence electrons. The number of ether oxygens (including phenoxy) is 3. The van der Waals surface area contributed by atoms with Crippen molar-refractivity contribution in [2.24, 2.45) is 17.8 Å². The summed E-state index contributed by atoms with van der Waals surface area (Å²) in [6.45, 7) is 21.7. The lowest BCUT2D eigenvalue weighted by Crippen LogP contribution is -2.35. The van der Waals surface area contributed by atoms with E-state index in [2.05, 4.69) is 46.4 Å². The van der Waals surface area contributed by atoms with Gasteiger partial charge in [-0.3, -0.25) is 4.90 Å². The van der Waals surface area contributed by atoms with Crippen molar-refractivity contribution in [2.75, 3.05) is 59.3 Å². The summed E-state index contributed by atoms with van der Waals surface area (Å²) < 4.78 is 18.3. The number of unbranched alkanes of at least 4 members (excludes halogenated alkanes) is 3. The lowest BCUT2D eigenvalue weighted by atomic mass is 10.0. The van der Waals surface area contributed by atoms with Crippen molar-refractivity contribution in [1.82, 2.24) is 4.90 Å².